The molecule has 2 heterocycles. The monoisotopic (exact) mass is 952 g/mol. The molecule has 0 aliphatic heterocycles. The Labute approximate surface area is 376 Å². The molecule has 8 rings (SSSR count). The number of imidazole rings is 1. The van der Waals surface area contributed by atoms with Crippen LogP contribution < -0.4 is 0 Å². The minimum absolute atomic E-state index is 0. The molecular formula is C53H50N3OPt-. The van der Waals surface area contributed by atoms with Crippen molar-refractivity contribution in [2.45, 2.75) is 73.0 Å². The van der Waals surface area contributed by atoms with Crippen LogP contribution in [0.25, 0.3) is 72.7 Å². The molecule has 0 saturated carbocycles. The van der Waals surface area contributed by atoms with Gasteiger partial charge in [0.15, 0.2) is 0 Å². The molecule has 0 spiro atoms. The average Bonchev–Trinajstić information content (AvgIpc) is 3.66. The molecule has 0 amide bonds. The van der Waals surface area contributed by atoms with E-state index in [1.54, 1.807) is 24.3 Å². The summed E-state index contributed by atoms with van der Waals surface area (Å²) in [4.78, 5) is 9.75. The third kappa shape index (κ3) is 7.83. The van der Waals surface area contributed by atoms with E-state index in [-0.39, 0.29) is 43.6 Å². The number of para-hydroxylation sites is 1. The fourth-order valence-electron chi connectivity index (χ4n) is 7.13. The summed E-state index contributed by atoms with van der Waals surface area (Å²) in [6, 6.07) is 26.6. The molecule has 0 radical (unpaired) electrons. The molecule has 0 bridgehead atoms. The van der Waals surface area contributed by atoms with Gasteiger partial charge in [-0.3, -0.25) is 9.55 Å². The number of fused-ring (bicyclic) bond motifs is 1. The Morgan fingerprint density at radius 3 is 2.10 bits per heavy atom. The van der Waals surface area contributed by atoms with Gasteiger partial charge < -0.3 is 5.11 Å². The smallest absolute Gasteiger partial charge is 0.148 e. The van der Waals surface area contributed by atoms with Gasteiger partial charge in [-0.25, -0.2) is 4.98 Å². The Morgan fingerprint density at radius 1 is 0.672 bits per heavy atom. The van der Waals surface area contributed by atoms with Crippen LogP contribution in [-0.4, -0.2) is 19.6 Å². The van der Waals surface area contributed by atoms with Gasteiger partial charge in [-0.1, -0.05) is 149 Å². The van der Waals surface area contributed by atoms with Gasteiger partial charge in [0.2, 0.25) is 0 Å². The molecule has 294 valence electrons. The predicted octanol–water partition coefficient (Wildman–Crippen LogP) is 13.8. The number of pyridine rings is 1. The fourth-order valence-corrected chi connectivity index (χ4v) is 7.13. The Hall–Kier alpha value is -5.57. The van der Waals surface area contributed by atoms with E-state index in [4.69, 9.17) is 21.4 Å². The van der Waals surface area contributed by atoms with Crippen LogP contribution >= 0.6 is 0 Å². The third-order valence-corrected chi connectivity index (χ3v) is 10.1. The zero-order valence-corrected chi connectivity index (χ0v) is 35.5. The normalized spacial score (nSPS) is 15.5. The summed E-state index contributed by atoms with van der Waals surface area (Å²) < 4.78 is 113. The Kier molecular flexibility index (Phi) is 7.33. The number of aromatic nitrogens is 3. The molecule has 1 N–H and O–H groups in total. The summed E-state index contributed by atoms with van der Waals surface area (Å²) in [5, 5.41) is 12.2. The first kappa shape index (κ1) is 27.2. The van der Waals surface area contributed by atoms with E-state index in [1.165, 1.54) is 0 Å². The Morgan fingerprint density at radius 2 is 1.40 bits per heavy atom. The molecule has 0 saturated heterocycles. The van der Waals surface area contributed by atoms with E-state index in [0.717, 1.165) is 16.7 Å². The quantitative estimate of drug-likeness (QED) is 0.169. The van der Waals surface area contributed by atoms with E-state index in [1.807, 2.05) is 120 Å². The molecular weight excluding hydrogens is 890 g/mol. The molecule has 5 heteroatoms. The van der Waals surface area contributed by atoms with Crippen LogP contribution in [0.3, 0.4) is 0 Å². The van der Waals surface area contributed by atoms with Crippen LogP contribution in [0.4, 0.5) is 0 Å². The van der Waals surface area contributed by atoms with Crippen molar-refractivity contribution in [3.8, 4) is 67.5 Å². The molecule has 58 heavy (non-hydrogen) atoms. The Balaban J connectivity index is 0.00000741. The topological polar surface area (TPSA) is 50.9 Å². The maximum Gasteiger partial charge on any atom is 0.148 e. The summed E-state index contributed by atoms with van der Waals surface area (Å²) in [6.45, 7) is 8.55. The number of nitrogens with zero attached hydrogens (tertiary/aromatic N) is 3. The van der Waals surface area contributed by atoms with Crippen LogP contribution in [0.15, 0.2) is 133 Å². The van der Waals surface area contributed by atoms with Gasteiger partial charge >= 0.3 is 0 Å². The van der Waals surface area contributed by atoms with Crippen molar-refractivity contribution >= 4 is 11.0 Å². The maximum atomic E-state index is 12.2. The zero-order chi connectivity index (χ0) is 51.3. The van der Waals surface area contributed by atoms with Crippen LogP contribution in [0.2, 0.25) is 0 Å². The molecule has 8 aromatic rings. The summed E-state index contributed by atoms with van der Waals surface area (Å²) in [6.07, 6.45) is -0.620. The van der Waals surface area contributed by atoms with E-state index < -0.39 is 83.7 Å². The number of hydrogen-bond acceptors (Lipinski definition) is 3. The first-order chi connectivity index (χ1) is 32.5. The second kappa shape index (κ2) is 15.6. The van der Waals surface area contributed by atoms with Crippen LogP contribution in [-0.2, 0) is 31.9 Å². The molecule has 4 nitrogen and oxygen atoms in total. The number of aryl methyl sites for hydroxylation is 2. The Bertz CT molecular complexity index is 3390. The number of aromatic hydroxyl groups is 1. The van der Waals surface area contributed by atoms with E-state index >= 15 is 0 Å². The van der Waals surface area contributed by atoms with E-state index in [0.29, 0.717) is 50.4 Å². The van der Waals surface area contributed by atoms with Crippen molar-refractivity contribution in [2.24, 2.45) is 0 Å². The second-order valence-corrected chi connectivity index (χ2v) is 16.4. The molecule has 2 aromatic heterocycles. The SMILES string of the molecule is [2H]c1nc(-c2[c-]c(-c3cccc4c3nc(-c3cc(C)cc(C(C)(C)C)c3O)n4-c3ccc(C([2H])([2H])[2H])cc3-c3ccccc3)cc(C(C)(C)C)c2)c([2H])c(-c2c([2H])c([2H])c(C([2H])([2H])[2H])c([2H])c2[2H])c1[2H].[Pt]. The van der Waals surface area contributed by atoms with Crippen molar-refractivity contribution < 1.29 is 44.0 Å². The summed E-state index contributed by atoms with van der Waals surface area (Å²) in [5.74, 6) is 0.401. The van der Waals surface area contributed by atoms with Gasteiger partial charge in [0.25, 0.3) is 0 Å². The summed E-state index contributed by atoms with van der Waals surface area (Å²) in [7, 11) is 0. The number of benzene rings is 6. The number of rotatable bonds is 6. The summed E-state index contributed by atoms with van der Waals surface area (Å²) >= 11 is 0. The van der Waals surface area contributed by atoms with Gasteiger partial charge in [-0.2, -0.15) is 0 Å². The van der Waals surface area contributed by atoms with Gasteiger partial charge in [0.05, 0.1) is 31.9 Å². The van der Waals surface area contributed by atoms with Gasteiger partial charge in [0.1, 0.15) is 11.6 Å². The zero-order valence-electron chi connectivity index (χ0n) is 46.3. The fraction of sp³-hybridized carbons (Fsp3) is 0.208. The van der Waals surface area contributed by atoms with Crippen LogP contribution in [0.5, 0.6) is 5.75 Å². The molecule has 0 fully saturated rings. The largest absolute Gasteiger partial charge is 0.507 e. The van der Waals surface area contributed by atoms with Crippen molar-refractivity contribution in [1.82, 2.24) is 14.5 Å². The number of phenolic OH excluding ortho intramolecular Hbond substituents is 1. The van der Waals surface area contributed by atoms with Crippen molar-refractivity contribution in [1.29, 1.82) is 0 Å². The first-order valence-corrected chi connectivity index (χ1v) is 18.7. The first-order valence-electron chi connectivity index (χ1n) is 25.2. The van der Waals surface area contributed by atoms with E-state index in [2.05, 4.69) is 11.1 Å². The maximum absolute atomic E-state index is 12.2. The molecule has 0 unspecified atom stereocenters. The van der Waals surface area contributed by atoms with Crippen LogP contribution in [0, 0.1) is 26.7 Å². The number of phenols is 1. The average molecular weight is 953 g/mol. The number of hydrogen-bond donors (Lipinski definition) is 1. The third-order valence-electron chi connectivity index (χ3n) is 10.1. The minimum Gasteiger partial charge on any atom is -0.507 e. The predicted molar refractivity (Wildman–Crippen MR) is 238 cm³/mol. The van der Waals surface area contributed by atoms with E-state index in [9.17, 15) is 6.48 Å². The van der Waals surface area contributed by atoms with Gasteiger partial charge in [-0.05, 0) is 84.0 Å². The van der Waals surface area contributed by atoms with Crippen LogP contribution in [0.1, 0.15) is 87.2 Å². The second-order valence-electron chi connectivity index (χ2n) is 16.4. The molecule has 0 aliphatic carbocycles. The molecule has 0 atom stereocenters. The molecule has 0 aliphatic rings. The van der Waals surface area contributed by atoms with Crippen molar-refractivity contribution in [3.05, 3.63) is 167 Å². The molecule has 6 aromatic carbocycles. The summed E-state index contributed by atoms with van der Waals surface area (Å²) in [5.41, 5.74) is 4.34. The van der Waals surface area contributed by atoms with Gasteiger partial charge in [-0.15, -0.1) is 29.3 Å². The van der Waals surface area contributed by atoms with Crippen molar-refractivity contribution in [2.75, 3.05) is 0 Å². The minimum atomic E-state index is -2.99. The van der Waals surface area contributed by atoms with Crippen molar-refractivity contribution in [3.63, 3.8) is 0 Å². The standard InChI is InChI=1S/C53H50N3O.Pt/c1-33-18-21-36(22-19-33)38-24-25-54-46(32-38)40-29-39(30-41(31-40)52(4,5)6)42-16-13-17-48-49(42)55-51(44-27-35(3)28-45(50(44)57)53(7,8)9)56(48)47-23-20-34(2)26-43(47)37-14-11-10-12-15-37;/h10-28,30-32,57H,1-9H3;/q-1;/i1D3,2D3,18D,19D,21D,22D,24D,25D,32D;. The van der Waals surface area contributed by atoms with Gasteiger partial charge in [0, 0.05) is 52.3 Å².